The first kappa shape index (κ1) is 11.0. The van der Waals surface area contributed by atoms with E-state index in [0.29, 0.717) is 0 Å². The lowest BCUT2D eigenvalue weighted by atomic mass is 9.79. The molecule has 0 saturated carbocycles. The fraction of sp³-hybridized carbons (Fsp3) is 0.200. The van der Waals surface area contributed by atoms with E-state index in [4.69, 9.17) is 10.0 Å². The molecule has 2 N–H and O–H groups in total. The van der Waals surface area contributed by atoms with Crippen molar-refractivity contribution in [3.63, 3.8) is 0 Å². The Hall–Kier alpha value is -1.13. The van der Waals surface area contributed by atoms with Crippen LogP contribution in [0.15, 0.2) is 23.8 Å². The van der Waals surface area contributed by atoms with Gasteiger partial charge in [0.15, 0.2) is 0 Å². The highest BCUT2D eigenvalue weighted by molar-refractivity contribution is 6.58. The summed E-state index contributed by atoms with van der Waals surface area (Å²) >= 11 is 0. The van der Waals surface area contributed by atoms with E-state index in [-0.39, 0.29) is 5.46 Å². The molecule has 0 aliphatic carbocycles. The molecule has 0 atom stereocenters. The van der Waals surface area contributed by atoms with Crippen molar-refractivity contribution in [1.82, 2.24) is 0 Å². The molecule has 0 spiro atoms. The summed E-state index contributed by atoms with van der Waals surface area (Å²) in [4.78, 5) is 0. The van der Waals surface area contributed by atoms with Crippen molar-refractivity contribution in [3.05, 3.63) is 35.2 Å². The van der Waals surface area contributed by atoms with Crippen LogP contribution < -0.4 is 5.46 Å². The normalized spacial score (nSPS) is 9.79. The SMILES string of the molecule is CC(C)=Cc1ccc(F)c(B(O)O)c1. The number of hydrogen-bond acceptors (Lipinski definition) is 2. The summed E-state index contributed by atoms with van der Waals surface area (Å²) < 4.78 is 13.0. The van der Waals surface area contributed by atoms with Gasteiger partial charge in [0.1, 0.15) is 5.82 Å². The molecule has 0 aliphatic rings. The van der Waals surface area contributed by atoms with Crippen molar-refractivity contribution in [2.45, 2.75) is 13.8 Å². The minimum absolute atomic E-state index is 0.0972. The Bertz CT molecular complexity index is 357. The summed E-state index contributed by atoms with van der Waals surface area (Å²) in [7, 11) is -1.76. The molecule has 0 heterocycles. The third-order valence-electron chi connectivity index (χ3n) is 1.75. The van der Waals surface area contributed by atoms with Crippen LogP contribution in [0.4, 0.5) is 4.39 Å². The Morgan fingerprint density at radius 1 is 1.36 bits per heavy atom. The smallest absolute Gasteiger partial charge is 0.423 e. The molecular formula is C10H12BFO2. The standard InChI is InChI=1S/C10H12BFO2/c1-7(2)5-8-3-4-10(12)9(6-8)11(13)14/h3-6,13-14H,1-2H3. The van der Waals surface area contributed by atoms with Crippen LogP contribution in [0, 0.1) is 5.82 Å². The maximum Gasteiger partial charge on any atom is 0.491 e. The van der Waals surface area contributed by atoms with Gasteiger partial charge in [-0.1, -0.05) is 23.8 Å². The van der Waals surface area contributed by atoms with Gasteiger partial charge in [0.05, 0.1) is 0 Å². The first-order valence-corrected chi connectivity index (χ1v) is 4.31. The molecule has 0 aromatic heterocycles. The largest absolute Gasteiger partial charge is 0.491 e. The van der Waals surface area contributed by atoms with Crippen molar-refractivity contribution in [2.75, 3.05) is 0 Å². The zero-order chi connectivity index (χ0) is 10.7. The van der Waals surface area contributed by atoms with Gasteiger partial charge in [-0.2, -0.15) is 0 Å². The van der Waals surface area contributed by atoms with Crippen LogP contribution in [0.25, 0.3) is 6.08 Å². The molecule has 0 fully saturated rings. The lowest BCUT2D eigenvalue weighted by Crippen LogP contribution is -2.32. The van der Waals surface area contributed by atoms with Crippen LogP contribution in [-0.2, 0) is 0 Å². The zero-order valence-corrected chi connectivity index (χ0v) is 8.16. The van der Waals surface area contributed by atoms with Crippen molar-refractivity contribution in [1.29, 1.82) is 0 Å². The summed E-state index contributed by atoms with van der Waals surface area (Å²) in [6.07, 6.45) is 1.84. The minimum atomic E-state index is -1.76. The highest BCUT2D eigenvalue weighted by Crippen LogP contribution is 2.06. The fourth-order valence-corrected chi connectivity index (χ4v) is 1.18. The molecule has 1 rings (SSSR count). The topological polar surface area (TPSA) is 40.5 Å². The molecule has 1 aromatic carbocycles. The Morgan fingerprint density at radius 3 is 2.50 bits per heavy atom. The summed E-state index contributed by atoms with van der Waals surface area (Å²) in [5.74, 6) is -0.606. The lowest BCUT2D eigenvalue weighted by molar-refractivity contribution is 0.423. The van der Waals surface area contributed by atoms with Crippen LogP contribution in [0.1, 0.15) is 19.4 Å². The van der Waals surface area contributed by atoms with Gasteiger partial charge < -0.3 is 10.0 Å². The van der Waals surface area contributed by atoms with Crippen LogP contribution in [0.2, 0.25) is 0 Å². The van der Waals surface area contributed by atoms with Gasteiger partial charge in [-0.25, -0.2) is 4.39 Å². The Balaban J connectivity index is 3.13. The molecule has 0 aliphatic heterocycles. The summed E-state index contributed by atoms with van der Waals surface area (Å²) in [6.45, 7) is 3.83. The molecule has 0 bridgehead atoms. The van der Waals surface area contributed by atoms with Gasteiger partial charge in [0.25, 0.3) is 0 Å². The third kappa shape index (κ3) is 2.68. The van der Waals surface area contributed by atoms with Crippen molar-refractivity contribution in [3.8, 4) is 0 Å². The van der Waals surface area contributed by atoms with Crippen LogP contribution in [0.5, 0.6) is 0 Å². The third-order valence-corrected chi connectivity index (χ3v) is 1.75. The summed E-state index contributed by atoms with van der Waals surface area (Å²) in [6, 6.07) is 4.24. The van der Waals surface area contributed by atoms with Crippen LogP contribution in [-0.4, -0.2) is 17.2 Å². The molecule has 1 aromatic rings. The second-order valence-electron chi connectivity index (χ2n) is 3.38. The number of benzene rings is 1. The van der Waals surface area contributed by atoms with Gasteiger partial charge >= 0.3 is 7.12 Å². The maximum absolute atomic E-state index is 13.0. The van der Waals surface area contributed by atoms with E-state index in [9.17, 15) is 4.39 Å². The predicted molar refractivity (Wildman–Crippen MR) is 55.6 cm³/mol. The molecule has 4 heteroatoms. The van der Waals surface area contributed by atoms with Crippen molar-refractivity contribution < 1.29 is 14.4 Å². The first-order chi connectivity index (χ1) is 6.50. The average Bonchev–Trinajstić information content (AvgIpc) is 2.07. The number of halogens is 1. The highest BCUT2D eigenvalue weighted by atomic mass is 19.1. The number of hydrogen-bond donors (Lipinski definition) is 2. The van der Waals surface area contributed by atoms with E-state index >= 15 is 0 Å². The predicted octanol–water partition coefficient (Wildman–Crippen LogP) is 0.929. The molecule has 0 radical (unpaired) electrons. The van der Waals surface area contributed by atoms with E-state index in [1.807, 2.05) is 19.9 Å². The molecular weight excluding hydrogens is 182 g/mol. The molecule has 0 unspecified atom stereocenters. The molecule has 2 nitrogen and oxygen atoms in total. The van der Waals surface area contributed by atoms with E-state index < -0.39 is 12.9 Å². The fourth-order valence-electron chi connectivity index (χ4n) is 1.18. The minimum Gasteiger partial charge on any atom is -0.423 e. The highest BCUT2D eigenvalue weighted by Gasteiger charge is 2.16. The van der Waals surface area contributed by atoms with E-state index in [0.717, 1.165) is 11.1 Å². The van der Waals surface area contributed by atoms with Crippen LogP contribution in [0.3, 0.4) is 0 Å². The molecule has 74 valence electrons. The van der Waals surface area contributed by atoms with E-state index in [1.165, 1.54) is 12.1 Å². The lowest BCUT2D eigenvalue weighted by Gasteiger charge is -2.03. The van der Waals surface area contributed by atoms with Gasteiger partial charge in [-0.3, -0.25) is 0 Å². The van der Waals surface area contributed by atoms with Gasteiger partial charge in [0.2, 0.25) is 0 Å². The first-order valence-electron chi connectivity index (χ1n) is 4.31. The van der Waals surface area contributed by atoms with Crippen LogP contribution >= 0.6 is 0 Å². The molecule has 0 amide bonds. The second kappa shape index (κ2) is 4.40. The van der Waals surface area contributed by atoms with E-state index in [2.05, 4.69) is 0 Å². The average molecular weight is 194 g/mol. The Labute approximate surface area is 82.8 Å². The Kier molecular flexibility index (Phi) is 3.44. The monoisotopic (exact) mass is 194 g/mol. The van der Waals surface area contributed by atoms with Gasteiger partial charge in [-0.15, -0.1) is 0 Å². The zero-order valence-electron chi connectivity index (χ0n) is 8.16. The van der Waals surface area contributed by atoms with E-state index in [1.54, 1.807) is 6.07 Å². The summed E-state index contributed by atoms with van der Waals surface area (Å²) in [5, 5.41) is 17.7. The summed E-state index contributed by atoms with van der Waals surface area (Å²) in [5.41, 5.74) is 1.73. The van der Waals surface area contributed by atoms with Gasteiger partial charge in [0, 0.05) is 5.46 Å². The molecule has 14 heavy (non-hydrogen) atoms. The quantitative estimate of drug-likeness (QED) is 0.687. The number of allylic oxidation sites excluding steroid dienone is 1. The van der Waals surface area contributed by atoms with Gasteiger partial charge in [-0.05, 0) is 25.5 Å². The second-order valence-corrected chi connectivity index (χ2v) is 3.38. The number of rotatable bonds is 2. The Morgan fingerprint density at radius 2 is 2.00 bits per heavy atom. The van der Waals surface area contributed by atoms with Crippen molar-refractivity contribution in [2.24, 2.45) is 0 Å². The van der Waals surface area contributed by atoms with Crippen molar-refractivity contribution >= 4 is 18.7 Å². The maximum atomic E-state index is 13.0. The molecule has 0 saturated heterocycles.